The van der Waals surface area contributed by atoms with Gasteiger partial charge in [-0.15, -0.1) is 0 Å². The lowest BCUT2D eigenvalue weighted by atomic mass is 10.2. The van der Waals surface area contributed by atoms with Crippen molar-refractivity contribution in [3.8, 4) is 5.88 Å². The highest BCUT2D eigenvalue weighted by Gasteiger charge is 2.26. The summed E-state index contributed by atoms with van der Waals surface area (Å²) in [6.07, 6.45) is -5.17. The third kappa shape index (κ3) is 6.42. The molecular weight excluding hydrogens is 257 g/mol. The first-order valence-electron chi connectivity index (χ1n) is 6.17. The molecule has 1 aromatic heterocycles. The van der Waals surface area contributed by atoms with Gasteiger partial charge in [-0.1, -0.05) is 19.9 Å². The molecule has 0 aromatic carbocycles. The highest BCUT2D eigenvalue weighted by atomic mass is 19.4. The third-order valence-corrected chi connectivity index (χ3v) is 2.51. The molecule has 0 aliphatic heterocycles. The Labute approximate surface area is 111 Å². The molecule has 0 unspecified atom stereocenters. The van der Waals surface area contributed by atoms with Crippen molar-refractivity contribution < 1.29 is 17.9 Å². The van der Waals surface area contributed by atoms with E-state index in [1.807, 2.05) is 26.8 Å². The van der Waals surface area contributed by atoms with Crippen LogP contribution >= 0.6 is 0 Å². The number of hydrogen-bond donors (Lipinski definition) is 1. The van der Waals surface area contributed by atoms with Gasteiger partial charge >= 0.3 is 6.18 Å². The second kappa shape index (κ2) is 6.75. The fraction of sp³-hybridized carbons (Fsp3) is 0.615. The predicted molar refractivity (Wildman–Crippen MR) is 67.1 cm³/mol. The van der Waals surface area contributed by atoms with Crippen LogP contribution < -0.4 is 10.1 Å². The van der Waals surface area contributed by atoms with E-state index in [1.165, 1.54) is 0 Å². The predicted octanol–water partition coefficient (Wildman–Crippen LogP) is 3.22. The minimum Gasteiger partial charge on any atom is -0.477 e. The molecule has 0 radical (unpaired) electrons. The van der Waals surface area contributed by atoms with Crippen molar-refractivity contribution in [3.05, 3.63) is 23.4 Å². The van der Waals surface area contributed by atoms with E-state index in [1.54, 1.807) is 6.07 Å². The van der Waals surface area contributed by atoms with Crippen LogP contribution in [0, 0.1) is 6.92 Å². The Bertz CT molecular complexity index is 405. The Morgan fingerprint density at radius 1 is 1.32 bits per heavy atom. The summed E-state index contributed by atoms with van der Waals surface area (Å²) < 4.78 is 40.9. The van der Waals surface area contributed by atoms with E-state index >= 15 is 0 Å². The maximum atomic E-state index is 12.0. The van der Waals surface area contributed by atoms with Gasteiger partial charge in [0, 0.05) is 24.3 Å². The molecule has 1 rings (SSSR count). The topological polar surface area (TPSA) is 34.1 Å². The van der Waals surface area contributed by atoms with E-state index in [0.717, 1.165) is 11.3 Å². The molecule has 0 spiro atoms. The number of hydrogen-bond acceptors (Lipinski definition) is 3. The zero-order chi connectivity index (χ0) is 14.5. The van der Waals surface area contributed by atoms with Crippen molar-refractivity contribution in [2.45, 2.75) is 46.0 Å². The first-order chi connectivity index (χ1) is 8.78. The van der Waals surface area contributed by atoms with Gasteiger partial charge in [0.25, 0.3) is 0 Å². The monoisotopic (exact) mass is 276 g/mol. The summed E-state index contributed by atoms with van der Waals surface area (Å²) in [7, 11) is 0. The largest absolute Gasteiger partial charge is 0.477 e. The van der Waals surface area contributed by atoms with Crippen molar-refractivity contribution in [1.29, 1.82) is 0 Å². The molecule has 3 nitrogen and oxygen atoms in total. The molecule has 6 heteroatoms. The van der Waals surface area contributed by atoms with Gasteiger partial charge in [-0.2, -0.15) is 13.2 Å². The van der Waals surface area contributed by atoms with Crippen LogP contribution in [-0.4, -0.2) is 23.8 Å². The number of nitrogens with zero attached hydrogens (tertiary/aromatic N) is 1. The lowest BCUT2D eigenvalue weighted by Crippen LogP contribution is -2.22. The van der Waals surface area contributed by atoms with Crippen molar-refractivity contribution in [2.24, 2.45) is 0 Å². The molecule has 19 heavy (non-hydrogen) atoms. The summed E-state index contributed by atoms with van der Waals surface area (Å²) in [5.41, 5.74) is 1.77. The summed E-state index contributed by atoms with van der Waals surface area (Å²) in [6, 6.07) is 3.78. The third-order valence-electron chi connectivity index (χ3n) is 2.51. The summed E-state index contributed by atoms with van der Waals surface area (Å²) >= 11 is 0. The quantitative estimate of drug-likeness (QED) is 0.866. The molecule has 0 bridgehead atoms. The first kappa shape index (κ1) is 15.8. The zero-order valence-electron chi connectivity index (χ0n) is 11.3. The SMILES string of the molecule is Cc1nc(OCCC(F)(F)F)ccc1CNC(C)C. The summed E-state index contributed by atoms with van der Waals surface area (Å²) in [6.45, 7) is 6.17. The number of ether oxygens (including phenoxy) is 1. The number of rotatable bonds is 6. The van der Waals surface area contributed by atoms with Gasteiger partial charge in [0.1, 0.15) is 0 Å². The maximum Gasteiger partial charge on any atom is 0.392 e. The first-order valence-corrected chi connectivity index (χ1v) is 6.17. The molecule has 0 saturated carbocycles. The Hall–Kier alpha value is -1.30. The van der Waals surface area contributed by atoms with Crippen LogP contribution in [0.3, 0.4) is 0 Å². The lowest BCUT2D eigenvalue weighted by Gasteiger charge is -2.12. The molecule has 0 aliphatic rings. The normalized spacial score (nSPS) is 11.9. The van der Waals surface area contributed by atoms with Crippen LogP contribution in [0.15, 0.2) is 12.1 Å². The van der Waals surface area contributed by atoms with E-state index < -0.39 is 19.2 Å². The molecule has 0 fully saturated rings. The van der Waals surface area contributed by atoms with Crippen LogP contribution in [0.5, 0.6) is 5.88 Å². The number of nitrogens with one attached hydrogen (secondary N) is 1. The van der Waals surface area contributed by atoms with Crippen LogP contribution in [-0.2, 0) is 6.54 Å². The average molecular weight is 276 g/mol. The minimum absolute atomic E-state index is 0.232. The minimum atomic E-state index is -4.20. The number of pyridine rings is 1. The molecule has 0 atom stereocenters. The van der Waals surface area contributed by atoms with Gasteiger partial charge in [0.15, 0.2) is 0 Å². The van der Waals surface area contributed by atoms with Gasteiger partial charge < -0.3 is 10.1 Å². The van der Waals surface area contributed by atoms with Gasteiger partial charge in [-0.3, -0.25) is 0 Å². The van der Waals surface area contributed by atoms with Crippen molar-refractivity contribution in [2.75, 3.05) is 6.61 Å². The van der Waals surface area contributed by atoms with E-state index in [2.05, 4.69) is 10.3 Å². The summed E-state index contributed by atoms with van der Waals surface area (Å²) in [4.78, 5) is 4.14. The molecule has 108 valence electrons. The second-order valence-electron chi connectivity index (χ2n) is 4.64. The Balaban J connectivity index is 2.52. The van der Waals surface area contributed by atoms with Crippen molar-refractivity contribution >= 4 is 0 Å². The number of alkyl halides is 3. The van der Waals surface area contributed by atoms with Crippen LogP contribution in [0.4, 0.5) is 13.2 Å². The maximum absolute atomic E-state index is 12.0. The Morgan fingerprint density at radius 3 is 2.53 bits per heavy atom. The van der Waals surface area contributed by atoms with Gasteiger partial charge in [-0.25, -0.2) is 4.98 Å². The molecular formula is C13H19F3N2O. The number of aryl methyl sites for hydroxylation is 1. The van der Waals surface area contributed by atoms with E-state index in [4.69, 9.17) is 4.74 Å². The zero-order valence-corrected chi connectivity index (χ0v) is 11.3. The van der Waals surface area contributed by atoms with Crippen molar-refractivity contribution in [1.82, 2.24) is 10.3 Å². The van der Waals surface area contributed by atoms with Crippen molar-refractivity contribution in [3.63, 3.8) is 0 Å². The summed E-state index contributed by atoms with van der Waals surface area (Å²) in [5, 5.41) is 3.26. The Kier molecular flexibility index (Phi) is 5.60. The average Bonchev–Trinajstić information content (AvgIpc) is 2.26. The molecule has 0 aliphatic carbocycles. The van der Waals surface area contributed by atoms with Crippen LogP contribution in [0.1, 0.15) is 31.5 Å². The molecule has 0 saturated heterocycles. The van der Waals surface area contributed by atoms with E-state index in [9.17, 15) is 13.2 Å². The fourth-order valence-corrected chi connectivity index (χ4v) is 1.42. The van der Waals surface area contributed by atoms with Crippen LogP contribution in [0.25, 0.3) is 0 Å². The number of aromatic nitrogens is 1. The van der Waals surface area contributed by atoms with Gasteiger partial charge in [-0.05, 0) is 12.5 Å². The summed E-state index contributed by atoms with van der Waals surface area (Å²) in [5.74, 6) is 0.232. The van der Waals surface area contributed by atoms with E-state index in [0.29, 0.717) is 12.6 Å². The van der Waals surface area contributed by atoms with Crippen LogP contribution in [0.2, 0.25) is 0 Å². The Morgan fingerprint density at radius 2 is 2.00 bits per heavy atom. The number of halogens is 3. The smallest absolute Gasteiger partial charge is 0.392 e. The second-order valence-corrected chi connectivity index (χ2v) is 4.64. The molecule has 1 N–H and O–H groups in total. The molecule has 1 aromatic rings. The lowest BCUT2D eigenvalue weighted by molar-refractivity contribution is -0.139. The fourth-order valence-electron chi connectivity index (χ4n) is 1.42. The molecule has 1 heterocycles. The van der Waals surface area contributed by atoms with Gasteiger partial charge in [0.2, 0.25) is 5.88 Å². The molecule has 0 amide bonds. The standard InChI is InChI=1S/C13H19F3N2O/c1-9(2)17-8-11-4-5-12(18-10(11)3)19-7-6-13(14,15)16/h4-5,9,17H,6-8H2,1-3H3. The highest BCUT2D eigenvalue weighted by molar-refractivity contribution is 5.24. The highest BCUT2D eigenvalue weighted by Crippen LogP contribution is 2.20. The van der Waals surface area contributed by atoms with E-state index in [-0.39, 0.29) is 5.88 Å². The van der Waals surface area contributed by atoms with Gasteiger partial charge in [0.05, 0.1) is 13.0 Å².